The highest BCUT2D eigenvalue weighted by Gasteiger charge is 2.09. The lowest BCUT2D eigenvalue weighted by molar-refractivity contribution is 0.173. The van der Waals surface area contributed by atoms with Crippen LogP contribution >= 0.6 is 0 Å². The van der Waals surface area contributed by atoms with Crippen LogP contribution < -0.4 is 0 Å². The third-order valence-electron chi connectivity index (χ3n) is 3.14. The molecule has 0 saturated heterocycles. The van der Waals surface area contributed by atoms with E-state index < -0.39 is 6.10 Å². The first-order chi connectivity index (χ1) is 8.69. The Labute approximate surface area is 108 Å². The van der Waals surface area contributed by atoms with Crippen LogP contribution in [0.15, 0.2) is 42.6 Å². The number of aliphatic hydroxyl groups is 1. The first kappa shape index (κ1) is 12.8. The zero-order chi connectivity index (χ0) is 13.0. The average Bonchev–Trinajstić information content (AvgIpc) is 2.40. The molecule has 0 bridgehead atoms. The number of aliphatic hydroxyl groups excluding tert-OH is 1. The van der Waals surface area contributed by atoms with E-state index in [0.29, 0.717) is 6.42 Å². The van der Waals surface area contributed by atoms with Crippen LogP contribution in [0.4, 0.5) is 0 Å². The minimum Gasteiger partial charge on any atom is -0.386 e. The lowest BCUT2D eigenvalue weighted by atomic mass is 10.0. The summed E-state index contributed by atoms with van der Waals surface area (Å²) >= 11 is 0. The molecule has 1 aromatic carbocycles. The van der Waals surface area contributed by atoms with Crippen LogP contribution in [0.2, 0.25) is 0 Å². The van der Waals surface area contributed by atoms with Crippen LogP contribution in [-0.4, -0.2) is 10.1 Å². The topological polar surface area (TPSA) is 33.1 Å². The van der Waals surface area contributed by atoms with Crippen LogP contribution in [0.3, 0.4) is 0 Å². The molecule has 18 heavy (non-hydrogen) atoms. The molecular weight excluding hydrogens is 222 g/mol. The molecule has 0 aliphatic heterocycles. The van der Waals surface area contributed by atoms with Gasteiger partial charge in [0.05, 0.1) is 11.8 Å². The number of rotatable bonds is 4. The molecule has 1 N–H and O–H groups in total. The van der Waals surface area contributed by atoms with Gasteiger partial charge in [0, 0.05) is 12.6 Å². The highest BCUT2D eigenvalue weighted by Crippen LogP contribution is 2.17. The van der Waals surface area contributed by atoms with E-state index in [0.717, 1.165) is 23.2 Å². The molecule has 1 atom stereocenters. The van der Waals surface area contributed by atoms with Gasteiger partial charge in [0.1, 0.15) is 0 Å². The Balaban J connectivity index is 2.05. The van der Waals surface area contributed by atoms with E-state index in [9.17, 15) is 5.11 Å². The molecule has 0 fully saturated rings. The fourth-order valence-corrected chi connectivity index (χ4v) is 1.92. The largest absolute Gasteiger partial charge is 0.386 e. The first-order valence-electron chi connectivity index (χ1n) is 6.37. The molecule has 2 nitrogen and oxygen atoms in total. The molecule has 1 aromatic heterocycles. The molecular formula is C16H19NO. The summed E-state index contributed by atoms with van der Waals surface area (Å²) in [7, 11) is 0. The molecule has 2 heteroatoms. The summed E-state index contributed by atoms with van der Waals surface area (Å²) in [6.45, 7) is 4.13. The molecule has 0 radical (unpaired) electrons. The average molecular weight is 241 g/mol. The number of hydrogen-bond donors (Lipinski definition) is 1. The summed E-state index contributed by atoms with van der Waals surface area (Å²) in [6.07, 6.45) is 2.92. The van der Waals surface area contributed by atoms with E-state index in [1.807, 2.05) is 19.1 Å². The van der Waals surface area contributed by atoms with Crippen molar-refractivity contribution in [1.82, 2.24) is 4.98 Å². The lowest BCUT2D eigenvalue weighted by Crippen LogP contribution is -2.04. The van der Waals surface area contributed by atoms with Gasteiger partial charge in [-0.3, -0.25) is 4.98 Å². The zero-order valence-electron chi connectivity index (χ0n) is 10.9. The molecule has 0 aliphatic carbocycles. The molecule has 0 amide bonds. The highest BCUT2D eigenvalue weighted by molar-refractivity contribution is 5.24. The number of benzene rings is 1. The Morgan fingerprint density at radius 3 is 2.28 bits per heavy atom. The van der Waals surface area contributed by atoms with Crippen molar-refractivity contribution in [1.29, 1.82) is 0 Å². The molecule has 1 unspecified atom stereocenters. The molecule has 1 heterocycles. The second-order valence-corrected chi connectivity index (χ2v) is 4.65. The molecule has 94 valence electrons. The number of aromatic nitrogens is 1. The molecule has 2 rings (SSSR count). The molecule has 0 spiro atoms. The van der Waals surface area contributed by atoms with Gasteiger partial charge in [0.2, 0.25) is 0 Å². The van der Waals surface area contributed by atoms with E-state index in [4.69, 9.17) is 0 Å². The fourth-order valence-electron chi connectivity index (χ4n) is 1.92. The highest BCUT2D eigenvalue weighted by atomic mass is 16.3. The second kappa shape index (κ2) is 5.78. The summed E-state index contributed by atoms with van der Waals surface area (Å²) in [6, 6.07) is 12.3. The van der Waals surface area contributed by atoms with Gasteiger partial charge in [-0.05, 0) is 36.1 Å². The van der Waals surface area contributed by atoms with Gasteiger partial charge in [-0.2, -0.15) is 0 Å². The van der Waals surface area contributed by atoms with Crippen LogP contribution in [0.25, 0.3) is 0 Å². The Morgan fingerprint density at radius 2 is 1.72 bits per heavy atom. The van der Waals surface area contributed by atoms with Gasteiger partial charge >= 0.3 is 0 Å². The molecule has 0 aliphatic rings. The van der Waals surface area contributed by atoms with Crippen LogP contribution in [0, 0.1) is 6.92 Å². The SMILES string of the molecule is CCc1ccc(CC(O)c2ccc(C)cn2)cc1. The van der Waals surface area contributed by atoms with Gasteiger partial charge in [-0.15, -0.1) is 0 Å². The van der Waals surface area contributed by atoms with E-state index >= 15 is 0 Å². The van der Waals surface area contributed by atoms with Gasteiger partial charge in [0.15, 0.2) is 0 Å². The van der Waals surface area contributed by atoms with Crippen molar-refractivity contribution in [3.63, 3.8) is 0 Å². The van der Waals surface area contributed by atoms with E-state index in [-0.39, 0.29) is 0 Å². The van der Waals surface area contributed by atoms with Crippen molar-refractivity contribution in [3.8, 4) is 0 Å². The monoisotopic (exact) mass is 241 g/mol. The molecule has 2 aromatic rings. The number of aryl methyl sites for hydroxylation is 2. The minimum absolute atomic E-state index is 0.530. The van der Waals surface area contributed by atoms with Crippen LogP contribution in [-0.2, 0) is 12.8 Å². The predicted molar refractivity (Wildman–Crippen MR) is 73.5 cm³/mol. The Morgan fingerprint density at radius 1 is 1.06 bits per heavy atom. The van der Waals surface area contributed by atoms with Crippen molar-refractivity contribution in [2.24, 2.45) is 0 Å². The van der Waals surface area contributed by atoms with Crippen molar-refractivity contribution in [2.75, 3.05) is 0 Å². The van der Waals surface area contributed by atoms with Crippen molar-refractivity contribution < 1.29 is 5.11 Å². The maximum atomic E-state index is 10.1. The van der Waals surface area contributed by atoms with E-state index in [1.54, 1.807) is 6.20 Å². The quantitative estimate of drug-likeness (QED) is 0.891. The Hall–Kier alpha value is -1.67. The van der Waals surface area contributed by atoms with Crippen molar-refractivity contribution >= 4 is 0 Å². The third kappa shape index (κ3) is 3.17. The zero-order valence-corrected chi connectivity index (χ0v) is 10.9. The van der Waals surface area contributed by atoms with Gasteiger partial charge in [-0.25, -0.2) is 0 Å². The molecule has 0 saturated carbocycles. The maximum Gasteiger partial charge on any atom is 0.0999 e. The maximum absolute atomic E-state index is 10.1. The smallest absolute Gasteiger partial charge is 0.0999 e. The summed E-state index contributed by atoms with van der Waals surface area (Å²) < 4.78 is 0. The van der Waals surface area contributed by atoms with Gasteiger partial charge < -0.3 is 5.11 Å². The van der Waals surface area contributed by atoms with Crippen LogP contribution in [0.5, 0.6) is 0 Å². The summed E-state index contributed by atoms with van der Waals surface area (Å²) in [5, 5.41) is 10.1. The fraction of sp³-hybridized carbons (Fsp3) is 0.312. The van der Waals surface area contributed by atoms with Gasteiger partial charge in [-0.1, -0.05) is 37.3 Å². The number of pyridine rings is 1. The van der Waals surface area contributed by atoms with E-state index in [2.05, 4.69) is 36.2 Å². The summed E-state index contributed by atoms with van der Waals surface area (Å²) in [5.41, 5.74) is 4.31. The lowest BCUT2D eigenvalue weighted by Gasteiger charge is -2.10. The first-order valence-corrected chi connectivity index (χ1v) is 6.37. The number of nitrogens with zero attached hydrogens (tertiary/aromatic N) is 1. The van der Waals surface area contributed by atoms with E-state index in [1.165, 1.54) is 5.56 Å². The van der Waals surface area contributed by atoms with Crippen molar-refractivity contribution in [3.05, 3.63) is 65.0 Å². The normalized spacial score (nSPS) is 12.4. The summed E-state index contributed by atoms with van der Waals surface area (Å²) in [4.78, 5) is 4.26. The third-order valence-corrected chi connectivity index (χ3v) is 3.14. The Kier molecular flexibility index (Phi) is 4.11. The number of hydrogen-bond acceptors (Lipinski definition) is 2. The predicted octanol–water partition coefficient (Wildman–Crippen LogP) is 3.23. The second-order valence-electron chi connectivity index (χ2n) is 4.65. The Bertz CT molecular complexity index is 488. The standard InChI is InChI=1S/C16H19NO/c1-3-13-5-7-14(8-6-13)10-16(18)15-9-4-12(2)11-17-15/h4-9,11,16,18H,3,10H2,1-2H3. The minimum atomic E-state index is -0.530. The summed E-state index contributed by atoms with van der Waals surface area (Å²) in [5.74, 6) is 0. The van der Waals surface area contributed by atoms with Crippen LogP contribution in [0.1, 0.15) is 35.4 Å². The van der Waals surface area contributed by atoms with Crippen molar-refractivity contribution in [2.45, 2.75) is 32.8 Å². The van der Waals surface area contributed by atoms with Gasteiger partial charge in [0.25, 0.3) is 0 Å².